The number of piperazine rings is 1. The molecule has 3 aromatic heterocycles. The second-order valence-corrected chi connectivity index (χ2v) is 6.33. The van der Waals surface area contributed by atoms with Gasteiger partial charge in [0.2, 0.25) is 0 Å². The summed E-state index contributed by atoms with van der Waals surface area (Å²) in [5.74, 6) is 0.801. The topological polar surface area (TPSA) is 79.2 Å². The minimum atomic E-state index is -0.0388. The fraction of sp³-hybridized carbons (Fsp3) is 0.263. The fourth-order valence-electron chi connectivity index (χ4n) is 3.08. The molecule has 0 unspecified atom stereocenters. The molecular weight excluding hydrogens is 342 g/mol. The molecule has 1 fully saturated rings. The highest BCUT2D eigenvalue weighted by atomic mass is 16.2. The van der Waals surface area contributed by atoms with E-state index in [2.05, 4.69) is 25.2 Å². The van der Waals surface area contributed by atoms with Crippen molar-refractivity contribution in [2.24, 2.45) is 0 Å². The lowest BCUT2D eigenvalue weighted by Gasteiger charge is -2.36. The highest BCUT2D eigenvalue weighted by molar-refractivity contribution is 5.74. The van der Waals surface area contributed by atoms with Gasteiger partial charge in [-0.15, -0.1) is 0 Å². The molecule has 1 aliphatic heterocycles. The minimum Gasteiger partial charge on any atom is -0.368 e. The number of carbonyl (C=O) groups excluding carboxylic acids is 1. The van der Waals surface area contributed by atoms with Crippen molar-refractivity contribution in [1.82, 2.24) is 29.7 Å². The van der Waals surface area contributed by atoms with Gasteiger partial charge in [-0.2, -0.15) is 0 Å². The number of nitrogens with zero attached hydrogens (tertiary/aromatic N) is 6. The second kappa shape index (κ2) is 7.86. The molecule has 0 radical (unpaired) electrons. The SMILES string of the molecule is O=C(NCc1ccc(-n2ccnc2)nc1)N1CCN(c2ccncc2)CC1. The first kappa shape index (κ1) is 17.0. The van der Waals surface area contributed by atoms with Crippen molar-refractivity contribution in [2.75, 3.05) is 31.1 Å². The molecule has 0 atom stereocenters. The van der Waals surface area contributed by atoms with Crippen LogP contribution in [0.25, 0.3) is 5.82 Å². The molecule has 0 bridgehead atoms. The second-order valence-electron chi connectivity index (χ2n) is 6.33. The van der Waals surface area contributed by atoms with Gasteiger partial charge in [0, 0.05) is 69.4 Å². The average molecular weight is 363 g/mol. The molecule has 138 valence electrons. The van der Waals surface area contributed by atoms with Gasteiger partial charge >= 0.3 is 6.03 Å². The smallest absolute Gasteiger partial charge is 0.317 e. The van der Waals surface area contributed by atoms with Crippen LogP contribution in [0.15, 0.2) is 61.6 Å². The first-order valence-electron chi connectivity index (χ1n) is 8.90. The summed E-state index contributed by atoms with van der Waals surface area (Å²) in [4.78, 5) is 29.0. The Hall–Kier alpha value is -3.42. The molecule has 0 spiro atoms. The number of anilines is 1. The Bertz CT molecular complexity index is 857. The Kier molecular flexibility index (Phi) is 4.95. The largest absolute Gasteiger partial charge is 0.368 e. The Morgan fingerprint density at radius 3 is 2.48 bits per heavy atom. The van der Waals surface area contributed by atoms with Crippen molar-refractivity contribution >= 4 is 11.7 Å². The third-order valence-corrected chi connectivity index (χ3v) is 4.62. The molecule has 0 aliphatic carbocycles. The highest BCUT2D eigenvalue weighted by Crippen LogP contribution is 2.14. The summed E-state index contributed by atoms with van der Waals surface area (Å²) >= 11 is 0. The van der Waals surface area contributed by atoms with Crippen LogP contribution >= 0.6 is 0 Å². The molecule has 0 saturated carbocycles. The zero-order valence-electron chi connectivity index (χ0n) is 14.9. The summed E-state index contributed by atoms with van der Waals surface area (Å²) in [6.45, 7) is 3.50. The number of imidazole rings is 1. The van der Waals surface area contributed by atoms with Crippen LogP contribution in [0.2, 0.25) is 0 Å². The van der Waals surface area contributed by atoms with E-state index in [1.165, 1.54) is 0 Å². The van der Waals surface area contributed by atoms with Gasteiger partial charge in [0.05, 0.1) is 0 Å². The normalized spacial score (nSPS) is 14.2. The van der Waals surface area contributed by atoms with Gasteiger partial charge in [-0.1, -0.05) is 6.07 Å². The fourth-order valence-corrected chi connectivity index (χ4v) is 3.08. The standard InChI is InChI=1S/C19H21N7O/c27-19(25-11-9-24(10-12-25)17-3-5-20-6-4-17)23-14-16-1-2-18(22-13-16)26-8-7-21-15-26/h1-8,13,15H,9-12,14H2,(H,23,27). The van der Waals surface area contributed by atoms with Gasteiger partial charge in [-0.25, -0.2) is 14.8 Å². The van der Waals surface area contributed by atoms with Crippen LogP contribution in [-0.4, -0.2) is 56.6 Å². The molecule has 3 aromatic rings. The van der Waals surface area contributed by atoms with Crippen molar-refractivity contribution < 1.29 is 4.79 Å². The third-order valence-electron chi connectivity index (χ3n) is 4.62. The van der Waals surface area contributed by atoms with E-state index in [1.54, 1.807) is 31.1 Å². The predicted octanol–water partition coefficient (Wildman–Crippen LogP) is 1.69. The lowest BCUT2D eigenvalue weighted by molar-refractivity contribution is 0.194. The zero-order chi connectivity index (χ0) is 18.5. The number of aromatic nitrogens is 4. The average Bonchev–Trinajstić information content (AvgIpc) is 3.28. The van der Waals surface area contributed by atoms with Crippen LogP contribution in [0.5, 0.6) is 0 Å². The monoisotopic (exact) mass is 363 g/mol. The molecule has 8 heteroatoms. The van der Waals surface area contributed by atoms with Crippen LogP contribution in [0.1, 0.15) is 5.56 Å². The van der Waals surface area contributed by atoms with Gasteiger partial charge in [0.25, 0.3) is 0 Å². The summed E-state index contributed by atoms with van der Waals surface area (Å²) < 4.78 is 1.84. The summed E-state index contributed by atoms with van der Waals surface area (Å²) in [6.07, 6.45) is 10.6. The maximum absolute atomic E-state index is 12.4. The zero-order valence-corrected chi connectivity index (χ0v) is 14.9. The number of nitrogens with one attached hydrogen (secondary N) is 1. The van der Waals surface area contributed by atoms with Crippen molar-refractivity contribution in [3.8, 4) is 5.82 Å². The van der Waals surface area contributed by atoms with E-state index in [-0.39, 0.29) is 6.03 Å². The number of hydrogen-bond acceptors (Lipinski definition) is 5. The number of hydrogen-bond donors (Lipinski definition) is 1. The van der Waals surface area contributed by atoms with Gasteiger partial charge in [0.15, 0.2) is 0 Å². The molecule has 27 heavy (non-hydrogen) atoms. The molecule has 4 rings (SSSR count). The summed E-state index contributed by atoms with van der Waals surface area (Å²) in [7, 11) is 0. The van der Waals surface area contributed by atoms with Crippen LogP contribution in [0.4, 0.5) is 10.5 Å². The van der Waals surface area contributed by atoms with Gasteiger partial charge in [0.1, 0.15) is 12.1 Å². The van der Waals surface area contributed by atoms with E-state index in [4.69, 9.17) is 0 Å². The maximum Gasteiger partial charge on any atom is 0.317 e. The number of amides is 2. The van der Waals surface area contributed by atoms with Gasteiger partial charge < -0.3 is 15.1 Å². The molecule has 8 nitrogen and oxygen atoms in total. The van der Waals surface area contributed by atoms with E-state index < -0.39 is 0 Å². The summed E-state index contributed by atoms with van der Waals surface area (Å²) in [5, 5.41) is 2.98. The highest BCUT2D eigenvalue weighted by Gasteiger charge is 2.21. The van der Waals surface area contributed by atoms with E-state index in [9.17, 15) is 4.79 Å². The first-order valence-corrected chi connectivity index (χ1v) is 8.90. The lowest BCUT2D eigenvalue weighted by atomic mass is 10.2. The van der Waals surface area contributed by atoms with Crippen LogP contribution in [0.3, 0.4) is 0 Å². The molecule has 0 aromatic carbocycles. The third kappa shape index (κ3) is 4.05. The quantitative estimate of drug-likeness (QED) is 0.763. The van der Waals surface area contributed by atoms with Crippen molar-refractivity contribution in [3.63, 3.8) is 0 Å². The molecule has 1 saturated heterocycles. The Balaban J connectivity index is 1.26. The van der Waals surface area contributed by atoms with Crippen LogP contribution in [0, 0.1) is 0 Å². The number of pyridine rings is 2. The predicted molar refractivity (Wildman–Crippen MR) is 102 cm³/mol. The number of rotatable bonds is 4. The molecule has 4 heterocycles. The van der Waals surface area contributed by atoms with Crippen molar-refractivity contribution in [3.05, 3.63) is 67.1 Å². The van der Waals surface area contributed by atoms with E-state index in [0.717, 1.165) is 30.2 Å². The van der Waals surface area contributed by atoms with Crippen LogP contribution < -0.4 is 10.2 Å². The minimum absolute atomic E-state index is 0.0388. The van der Waals surface area contributed by atoms with Gasteiger partial charge in [-0.3, -0.25) is 9.55 Å². The summed E-state index contributed by atoms with van der Waals surface area (Å²) in [6, 6.07) is 7.83. The molecule has 2 amide bonds. The number of urea groups is 1. The van der Waals surface area contributed by atoms with E-state index in [0.29, 0.717) is 19.6 Å². The Labute approximate surface area is 157 Å². The van der Waals surface area contributed by atoms with Crippen molar-refractivity contribution in [2.45, 2.75) is 6.54 Å². The Morgan fingerprint density at radius 2 is 1.81 bits per heavy atom. The first-order chi connectivity index (χ1) is 13.3. The van der Waals surface area contributed by atoms with Crippen molar-refractivity contribution in [1.29, 1.82) is 0 Å². The number of carbonyl (C=O) groups is 1. The summed E-state index contributed by atoms with van der Waals surface area (Å²) in [5.41, 5.74) is 2.11. The Morgan fingerprint density at radius 1 is 1.00 bits per heavy atom. The maximum atomic E-state index is 12.4. The van der Waals surface area contributed by atoms with E-state index in [1.807, 2.05) is 39.9 Å². The molecule has 1 aliphatic rings. The molecule has 1 N–H and O–H groups in total. The lowest BCUT2D eigenvalue weighted by Crippen LogP contribution is -2.51. The van der Waals surface area contributed by atoms with Crippen LogP contribution in [-0.2, 0) is 6.54 Å². The van der Waals surface area contributed by atoms with Gasteiger partial charge in [-0.05, 0) is 23.8 Å². The van der Waals surface area contributed by atoms with E-state index >= 15 is 0 Å². The molecular formula is C19H21N7O.